The number of ether oxygens (including phenoxy) is 1. The third kappa shape index (κ3) is 7.06. The van der Waals surface area contributed by atoms with Gasteiger partial charge < -0.3 is 15.4 Å². The third-order valence-corrected chi connectivity index (χ3v) is 5.32. The van der Waals surface area contributed by atoms with Crippen molar-refractivity contribution in [1.29, 1.82) is 5.26 Å². The van der Waals surface area contributed by atoms with Crippen LogP contribution in [0.5, 0.6) is 5.75 Å². The fourth-order valence-electron chi connectivity index (χ4n) is 3.00. The van der Waals surface area contributed by atoms with Crippen molar-refractivity contribution < 1.29 is 14.3 Å². The predicted octanol–water partition coefficient (Wildman–Crippen LogP) is 5.25. The van der Waals surface area contributed by atoms with Gasteiger partial charge in [-0.2, -0.15) is 5.26 Å². The van der Waals surface area contributed by atoms with Crippen LogP contribution in [0, 0.1) is 11.3 Å². The summed E-state index contributed by atoms with van der Waals surface area (Å²) in [5.41, 5.74) is 2.26. The van der Waals surface area contributed by atoms with Crippen molar-refractivity contribution >= 4 is 39.5 Å². The Balaban J connectivity index is 1.62. The number of benzene rings is 3. The zero-order valence-corrected chi connectivity index (χ0v) is 19.5. The lowest BCUT2D eigenvalue weighted by molar-refractivity contribution is -0.118. The molecule has 6 nitrogen and oxygen atoms in total. The molecule has 33 heavy (non-hydrogen) atoms. The number of amides is 2. The number of carbonyl (C=O) groups excluding carboxylic acids is 2. The van der Waals surface area contributed by atoms with E-state index in [0.717, 1.165) is 5.56 Å². The van der Waals surface area contributed by atoms with E-state index >= 15 is 0 Å². The van der Waals surface area contributed by atoms with E-state index in [2.05, 4.69) is 26.6 Å². The third-order valence-electron chi connectivity index (χ3n) is 4.70. The van der Waals surface area contributed by atoms with Crippen LogP contribution in [0.4, 0.5) is 5.69 Å². The standard InChI is InChI=1S/C26H22BrN3O3/c1-18(20-8-4-2-5-9-20)29-26(32)21(16-28)14-19-12-13-24(23(27)15-19)33-17-25(31)30-22-10-6-3-7-11-22/h2-15,18H,17H2,1H3,(H,29,32)(H,30,31)/b21-14-/t18-/m0/s1. The van der Waals surface area contributed by atoms with Crippen LogP contribution in [0.2, 0.25) is 0 Å². The second-order valence-electron chi connectivity index (χ2n) is 7.17. The van der Waals surface area contributed by atoms with E-state index in [4.69, 9.17) is 4.74 Å². The van der Waals surface area contributed by atoms with Gasteiger partial charge in [-0.15, -0.1) is 0 Å². The van der Waals surface area contributed by atoms with Gasteiger partial charge in [-0.3, -0.25) is 9.59 Å². The number of rotatable bonds is 8. The molecule has 3 aromatic carbocycles. The molecule has 0 spiro atoms. The number of para-hydroxylation sites is 1. The number of nitriles is 1. The lowest BCUT2D eigenvalue weighted by atomic mass is 10.1. The molecule has 0 bridgehead atoms. The number of hydrogen-bond acceptors (Lipinski definition) is 4. The fourth-order valence-corrected chi connectivity index (χ4v) is 3.51. The van der Waals surface area contributed by atoms with Gasteiger partial charge >= 0.3 is 0 Å². The summed E-state index contributed by atoms with van der Waals surface area (Å²) < 4.78 is 6.18. The van der Waals surface area contributed by atoms with Gasteiger partial charge in [0.2, 0.25) is 0 Å². The normalized spacial score (nSPS) is 11.7. The molecule has 0 unspecified atom stereocenters. The maximum Gasteiger partial charge on any atom is 0.262 e. The van der Waals surface area contributed by atoms with Crippen molar-refractivity contribution in [1.82, 2.24) is 5.32 Å². The second kappa shape index (κ2) is 11.7. The van der Waals surface area contributed by atoms with Crippen molar-refractivity contribution in [3.8, 4) is 11.8 Å². The molecule has 0 aromatic heterocycles. The minimum Gasteiger partial charge on any atom is -0.483 e. The number of anilines is 1. The molecular weight excluding hydrogens is 482 g/mol. The van der Waals surface area contributed by atoms with Gasteiger partial charge in [0, 0.05) is 5.69 Å². The minimum atomic E-state index is -0.456. The maximum atomic E-state index is 12.6. The van der Waals surface area contributed by atoms with E-state index in [0.29, 0.717) is 21.5 Å². The van der Waals surface area contributed by atoms with Crippen LogP contribution < -0.4 is 15.4 Å². The Labute approximate surface area is 201 Å². The average Bonchev–Trinajstić information content (AvgIpc) is 2.83. The fraction of sp³-hybridized carbons (Fsp3) is 0.115. The Morgan fingerprint density at radius 1 is 1.06 bits per heavy atom. The van der Waals surface area contributed by atoms with Crippen molar-refractivity contribution in [3.05, 3.63) is 100 Å². The highest BCUT2D eigenvalue weighted by atomic mass is 79.9. The molecule has 0 aliphatic rings. The molecule has 0 fully saturated rings. The van der Waals surface area contributed by atoms with E-state index in [9.17, 15) is 14.9 Å². The number of halogens is 1. The Morgan fingerprint density at radius 3 is 2.36 bits per heavy atom. The topological polar surface area (TPSA) is 91.2 Å². The lowest BCUT2D eigenvalue weighted by Crippen LogP contribution is -2.27. The highest BCUT2D eigenvalue weighted by molar-refractivity contribution is 9.10. The summed E-state index contributed by atoms with van der Waals surface area (Å²) in [6.45, 7) is 1.70. The molecule has 0 radical (unpaired) electrons. The van der Waals surface area contributed by atoms with Crippen molar-refractivity contribution in [3.63, 3.8) is 0 Å². The second-order valence-corrected chi connectivity index (χ2v) is 8.02. The zero-order chi connectivity index (χ0) is 23.6. The van der Waals surface area contributed by atoms with E-state index in [-0.39, 0.29) is 24.1 Å². The molecule has 0 aliphatic carbocycles. The largest absolute Gasteiger partial charge is 0.483 e. The van der Waals surface area contributed by atoms with Gasteiger partial charge in [0.05, 0.1) is 10.5 Å². The SMILES string of the molecule is C[C@H](NC(=O)/C(C#N)=C\c1ccc(OCC(=O)Nc2ccccc2)c(Br)c1)c1ccccc1. The van der Waals surface area contributed by atoms with Gasteiger partial charge in [-0.1, -0.05) is 54.6 Å². The number of carbonyl (C=O) groups is 2. The summed E-state index contributed by atoms with van der Waals surface area (Å²) in [4.78, 5) is 24.6. The summed E-state index contributed by atoms with van der Waals surface area (Å²) in [6, 6.07) is 25.4. The van der Waals surface area contributed by atoms with Crippen LogP contribution in [-0.2, 0) is 9.59 Å². The first-order valence-electron chi connectivity index (χ1n) is 10.2. The Hall–Kier alpha value is -3.89. The summed E-state index contributed by atoms with van der Waals surface area (Å²) in [7, 11) is 0. The molecule has 7 heteroatoms. The Morgan fingerprint density at radius 2 is 1.73 bits per heavy atom. The van der Waals surface area contributed by atoms with Crippen LogP contribution >= 0.6 is 15.9 Å². The van der Waals surface area contributed by atoms with Crippen LogP contribution in [0.25, 0.3) is 6.08 Å². The molecule has 0 heterocycles. The summed E-state index contributed by atoms with van der Waals surface area (Å²) >= 11 is 3.41. The predicted molar refractivity (Wildman–Crippen MR) is 131 cm³/mol. The minimum absolute atomic E-state index is 0.0133. The first-order chi connectivity index (χ1) is 16.0. The average molecular weight is 504 g/mol. The number of hydrogen-bond donors (Lipinski definition) is 2. The van der Waals surface area contributed by atoms with Gasteiger partial charge in [-0.05, 0) is 64.3 Å². The number of nitrogens with one attached hydrogen (secondary N) is 2. The Bertz CT molecular complexity index is 1190. The molecule has 2 N–H and O–H groups in total. The highest BCUT2D eigenvalue weighted by Crippen LogP contribution is 2.27. The molecule has 0 saturated heterocycles. The van der Waals surface area contributed by atoms with Crippen molar-refractivity contribution in [2.45, 2.75) is 13.0 Å². The first kappa shape index (κ1) is 23.8. The molecule has 0 saturated carbocycles. The van der Waals surface area contributed by atoms with E-state index < -0.39 is 5.91 Å². The molecule has 166 valence electrons. The molecular formula is C26H22BrN3O3. The van der Waals surface area contributed by atoms with Crippen LogP contribution in [0.15, 0.2) is 88.9 Å². The van der Waals surface area contributed by atoms with Gasteiger partial charge in [0.15, 0.2) is 6.61 Å². The summed E-state index contributed by atoms with van der Waals surface area (Å²) in [5, 5.41) is 15.1. The van der Waals surface area contributed by atoms with Crippen molar-refractivity contribution in [2.24, 2.45) is 0 Å². The smallest absolute Gasteiger partial charge is 0.262 e. The summed E-state index contributed by atoms with van der Waals surface area (Å²) in [6.07, 6.45) is 1.50. The summed E-state index contributed by atoms with van der Waals surface area (Å²) in [5.74, 6) is -0.271. The molecule has 3 rings (SSSR count). The molecule has 2 amide bonds. The van der Waals surface area contributed by atoms with Crippen LogP contribution in [0.3, 0.4) is 0 Å². The van der Waals surface area contributed by atoms with Crippen molar-refractivity contribution in [2.75, 3.05) is 11.9 Å². The van der Waals surface area contributed by atoms with Crippen LogP contribution in [0.1, 0.15) is 24.1 Å². The van der Waals surface area contributed by atoms with E-state index in [1.54, 1.807) is 30.3 Å². The molecule has 0 aliphatic heterocycles. The van der Waals surface area contributed by atoms with E-state index in [1.165, 1.54) is 6.08 Å². The maximum absolute atomic E-state index is 12.6. The zero-order valence-electron chi connectivity index (χ0n) is 17.9. The molecule has 3 aromatic rings. The van der Waals surface area contributed by atoms with Gasteiger partial charge in [0.25, 0.3) is 11.8 Å². The lowest BCUT2D eigenvalue weighted by Gasteiger charge is -2.14. The van der Waals surface area contributed by atoms with Crippen LogP contribution in [-0.4, -0.2) is 18.4 Å². The quantitative estimate of drug-likeness (QED) is 0.324. The van der Waals surface area contributed by atoms with Gasteiger partial charge in [0.1, 0.15) is 17.4 Å². The Kier molecular flexibility index (Phi) is 8.39. The number of nitrogens with zero attached hydrogens (tertiary/aromatic N) is 1. The van der Waals surface area contributed by atoms with Gasteiger partial charge in [-0.25, -0.2) is 0 Å². The monoisotopic (exact) mass is 503 g/mol. The highest BCUT2D eigenvalue weighted by Gasteiger charge is 2.14. The molecule has 1 atom stereocenters. The first-order valence-corrected chi connectivity index (χ1v) is 11.0. The van der Waals surface area contributed by atoms with E-state index in [1.807, 2.05) is 61.5 Å².